The van der Waals surface area contributed by atoms with Crippen molar-refractivity contribution >= 4 is 33.2 Å². The van der Waals surface area contributed by atoms with Gasteiger partial charge in [0, 0.05) is 16.0 Å². The number of ketones is 1. The Hall–Kier alpha value is -1.07. The van der Waals surface area contributed by atoms with Gasteiger partial charge in [-0.3, -0.25) is 9.78 Å². The molecule has 70 valence electrons. The second-order valence-electron chi connectivity index (χ2n) is 2.60. The van der Waals surface area contributed by atoms with Gasteiger partial charge in [0.05, 0.1) is 11.8 Å². The summed E-state index contributed by atoms with van der Waals surface area (Å²) < 4.78 is 4.73. The summed E-state index contributed by atoms with van der Waals surface area (Å²) in [6, 6.07) is 3.48. The minimum atomic E-state index is -0.0914. The van der Waals surface area contributed by atoms with Crippen LogP contribution in [-0.2, 0) is 0 Å². The molecule has 0 saturated heterocycles. The average molecular weight is 269 g/mol. The maximum atomic E-state index is 11.7. The van der Waals surface area contributed by atoms with Crippen LogP contribution < -0.4 is 0 Å². The van der Waals surface area contributed by atoms with Crippen molar-refractivity contribution in [3.8, 4) is 0 Å². The monoisotopic (exact) mass is 268 g/mol. The highest BCUT2D eigenvalue weighted by Crippen LogP contribution is 2.12. The van der Waals surface area contributed by atoms with Gasteiger partial charge in [0.25, 0.3) is 0 Å². The van der Waals surface area contributed by atoms with Crippen LogP contribution in [0.5, 0.6) is 0 Å². The third kappa shape index (κ3) is 1.88. The van der Waals surface area contributed by atoms with Crippen molar-refractivity contribution in [3.63, 3.8) is 0 Å². The van der Waals surface area contributed by atoms with Gasteiger partial charge in [-0.1, -0.05) is 0 Å². The second kappa shape index (κ2) is 3.98. The van der Waals surface area contributed by atoms with Crippen molar-refractivity contribution in [3.05, 3.63) is 45.6 Å². The van der Waals surface area contributed by atoms with Crippen molar-refractivity contribution in [2.75, 3.05) is 0 Å². The first kappa shape index (κ1) is 9.48. The van der Waals surface area contributed by atoms with Gasteiger partial charge >= 0.3 is 0 Å². The summed E-state index contributed by atoms with van der Waals surface area (Å²) in [4.78, 5) is 15.7. The van der Waals surface area contributed by atoms with E-state index in [9.17, 15) is 4.79 Å². The molecule has 5 heteroatoms. The largest absolute Gasteiger partial charge is 0.287 e. The molecule has 0 saturated carbocycles. The lowest BCUT2D eigenvalue weighted by molar-refractivity contribution is 0.103. The lowest BCUT2D eigenvalue weighted by Crippen LogP contribution is -2.01. The molecule has 0 aliphatic heterocycles. The Morgan fingerprint density at radius 1 is 1.36 bits per heavy atom. The molecule has 0 amide bonds. The summed E-state index contributed by atoms with van der Waals surface area (Å²) in [5.41, 5.74) is 1.03. The van der Waals surface area contributed by atoms with Crippen LogP contribution in [0.1, 0.15) is 16.1 Å². The van der Waals surface area contributed by atoms with Crippen molar-refractivity contribution in [1.29, 1.82) is 0 Å². The number of carbonyl (C=O) groups is 1. The Kier molecular flexibility index (Phi) is 2.69. The number of carbonyl (C=O) groups excluding carboxylic acids is 1. The van der Waals surface area contributed by atoms with E-state index in [2.05, 4.69) is 25.3 Å². The third-order valence-electron chi connectivity index (χ3n) is 1.65. The molecule has 14 heavy (non-hydrogen) atoms. The molecule has 0 aromatic carbocycles. The molecule has 0 aliphatic carbocycles. The summed E-state index contributed by atoms with van der Waals surface area (Å²) in [6.45, 7) is 0. The van der Waals surface area contributed by atoms with E-state index >= 15 is 0 Å². The van der Waals surface area contributed by atoms with E-state index in [1.165, 1.54) is 11.5 Å². The van der Waals surface area contributed by atoms with E-state index in [1.54, 1.807) is 29.9 Å². The van der Waals surface area contributed by atoms with Crippen LogP contribution >= 0.6 is 27.5 Å². The Labute approximate surface area is 93.1 Å². The van der Waals surface area contributed by atoms with Crippen molar-refractivity contribution in [2.24, 2.45) is 0 Å². The maximum Gasteiger partial charge on any atom is 0.213 e. The van der Waals surface area contributed by atoms with Gasteiger partial charge in [0.15, 0.2) is 0 Å². The zero-order valence-electron chi connectivity index (χ0n) is 6.98. The smallest absolute Gasteiger partial charge is 0.213 e. The van der Waals surface area contributed by atoms with Gasteiger partial charge in [-0.2, -0.15) is 0 Å². The molecule has 0 N–H and O–H groups in total. The molecular formula is C9H5BrN2OS. The van der Waals surface area contributed by atoms with Crippen LogP contribution in [0.15, 0.2) is 34.4 Å². The van der Waals surface area contributed by atoms with Gasteiger partial charge in [0.2, 0.25) is 5.78 Å². The van der Waals surface area contributed by atoms with E-state index in [1.807, 2.05) is 0 Å². The summed E-state index contributed by atoms with van der Waals surface area (Å²) in [5.74, 6) is -0.0914. The number of aromatic nitrogens is 2. The molecule has 2 aromatic rings. The average Bonchev–Trinajstić information content (AvgIpc) is 2.71. The number of rotatable bonds is 2. The van der Waals surface area contributed by atoms with Gasteiger partial charge in [-0.15, -0.1) is 0 Å². The van der Waals surface area contributed by atoms with E-state index in [0.717, 1.165) is 4.47 Å². The fraction of sp³-hybridized carbons (Fsp3) is 0. The zero-order valence-corrected chi connectivity index (χ0v) is 9.38. The number of halogens is 1. The predicted octanol–water partition coefficient (Wildman–Crippen LogP) is 2.53. The van der Waals surface area contributed by atoms with Gasteiger partial charge in [0.1, 0.15) is 5.69 Å². The predicted molar refractivity (Wildman–Crippen MR) is 57.5 cm³/mol. The highest BCUT2D eigenvalue weighted by atomic mass is 79.9. The van der Waals surface area contributed by atoms with Crippen LogP contribution in [0.4, 0.5) is 0 Å². The molecule has 3 nitrogen and oxygen atoms in total. The van der Waals surface area contributed by atoms with Gasteiger partial charge in [-0.25, -0.2) is 4.37 Å². The SMILES string of the molecule is O=C(c1cnsc1)c1ccc(Br)cn1. The fourth-order valence-electron chi connectivity index (χ4n) is 0.975. The molecular weight excluding hydrogens is 264 g/mol. The van der Waals surface area contributed by atoms with Crippen LogP contribution in [0.2, 0.25) is 0 Å². The normalized spacial score (nSPS) is 10.1. The van der Waals surface area contributed by atoms with Crippen LogP contribution in [-0.4, -0.2) is 15.1 Å². The first-order valence-electron chi connectivity index (χ1n) is 3.83. The van der Waals surface area contributed by atoms with Gasteiger partial charge < -0.3 is 0 Å². The van der Waals surface area contributed by atoms with Crippen molar-refractivity contribution in [1.82, 2.24) is 9.36 Å². The van der Waals surface area contributed by atoms with E-state index in [0.29, 0.717) is 11.3 Å². The van der Waals surface area contributed by atoms with Crippen molar-refractivity contribution < 1.29 is 4.79 Å². The van der Waals surface area contributed by atoms with E-state index in [4.69, 9.17) is 0 Å². The molecule has 2 aromatic heterocycles. The first-order valence-corrected chi connectivity index (χ1v) is 5.46. The van der Waals surface area contributed by atoms with Crippen LogP contribution in [0.25, 0.3) is 0 Å². The Morgan fingerprint density at radius 2 is 2.21 bits per heavy atom. The minimum absolute atomic E-state index is 0.0914. The number of nitrogens with zero attached hydrogens (tertiary/aromatic N) is 2. The summed E-state index contributed by atoms with van der Waals surface area (Å²) >= 11 is 4.52. The summed E-state index contributed by atoms with van der Waals surface area (Å²) in [5, 5.41) is 1.71. The Balaban J connectivity index is 2.33. The second-order valence-corrected chi connectivity index (χ2v) is 4.18. The maximum absolute atomic E-state index is 11.7. The number of hydrogen-bond acceptors (Lipinski definition) is 4. The number of hydrogen-bond donors (Lipinski definition) is 0. The molecule has 0 spiro atoms. The fourth-order valence-corrected chi connectivity index (χ4v) is 1.73. The topological polar surface area (TPSA) is 42.9 Å². The van der Waals surface area contributed by atoms with E-state index in [-0.39, 0.29) is 5.78 Å². The molecule has 2 heterocycles. The van der Waals surface area contributed by atoms with Crippen LogP contribution in [0.3, 0.4) is 0 Å². The summed E-state index contributed by atoms with van der Waals surface area (Å²) in [6.07, 6.45) is 3.16. The first-order chi connectivity index (χ1) is 6.77. The minimum Gasteiger partial charge on any atom is -0.287 e. The van der Waals surface area contributed by atoms with Gasteiger partial charge in [-0.05, 0) is 39.6 Å². The molecule has 0 aliphatic rings. The Bertz CT molecular complexity index is 438. The lowest BCUT2D eigenvalue weighted by atomic mass is 10.2. The highest BCUT2D eigenvalue weighted by Gasteiger charge is 2.10. The quantitative estimate of drug-likeness (QED) is 0.787. The molecule has 0 fully saturated rings. The molecule has 0 unspecified atom stereocenters. The third-order valence-corrected chi connectivity index (χ3v) is 2.71. The van der Waals surface area contributed by atoms with Crippen LogP contribution in [0, 0.1) is 0 Å². The number of pyridine rings is 1. The summed E-state index contributed by atoms with van der Waals surface area (Å²) in [7, 11) is 0. The lowest BCUT2D eigenvalue weighted by Gasteiger charge is -1.96. The highest BCUT2D eigenvalue weighted by molar-refractivity contribution is 9.10. The molecule has 2 rings (SSSR count). The molecule has 0 bridgehead atoms. The standard InChI is InChI=1S/C9H5BrN2OS/c10-7-1-2-8(11-4-7)9(13)6-3-12-14-5-6/h1-5H. The van der Waals surface area contributed by atoms with E-state index < -0.39 is 0 Å². The molecule has 0 atom stereocenters. The van der Waals surface area contributed by atoms with Crippen molar-refractivity contribution in [2.45, 2.75) is 0 Å². The zero-order chi connectivity index (χ0) is 9.97. The molecule has 0 radical (unpaired) electrons. The Morgan fingerprint density at radius 3 is 2.79 bits per heavy atom.